The largest absolute Gasteiger partial charge is 0.345 e. The highest BCUT2D eigenvalue weighted by atomic mass is 35.5. The number of fused-ring (bicyclic) bond motifs is 3. The number of nitrogens with zero attached hydrogens (tertiary/aromatic N) is 4. The van der Waals surface area contributed by atoms with Crippen molar-refractivity contribution in [1.82, 2.24) is 29.5 Å². The Bertz CT molecular complexity index is 1580. The van der Waals surface area contributed by atoms with Crippen LogP contribution >= 0.6 is 11.6 Å². The molecule has 0 aliphatic carbocycles. The van der Waals surface area contributed by atoms with E-state index in [1.807, 2.05) is 24.3 Å². The number of carbonyl (C=O) groups excluding carboxylic acids is 1. The SMILES string of the molecule is O=C(c1ccc2nc[nH]c2c1)N1CCc2c(nc3cc(-c4ccccc4Cl)[nH]n3c2=O)C1. The molecule has 8 nitrogen and oxygen atoms in total. The lowest BCUT2D eigenvalue weighted by Gasteiger charge is -2.27. The Morgan fingerprint density at radius 1 is 1.12 bits per heavy atom. The van der Waals surface area contributed by atoms with E-state index in [9.17, 15) is 9.59 Å². The minimum absolute atomic E-state index is 0.0972. The van der Waals surface area contributed by atoms with E-state index in [2.05, 4.69) is 15.1 Å². The Balaban J connectivity index is 1.36. The van der Waals surface area contributed by atoms with Crippen molar-refractivity contribution in [2.24, 2.45) is 0 Å². The third-order valence-electron chi connectivity index (χ3n) is 5.88. The van der Waals surface area contributed by atoms with Crippen LogP contribution < -0.4 is 5.56 Å². The lowest BCUT2D eigenvalue weighted by atomic mass is 10.0. The second kappa shape index (κ2) is 7.06. The van der Waals surface area contributed by atoms with Gasteiger partial charge in [0.05, 0.1) is 35.3 Å². The molecule has 3 aromatic heterocycles. The molecule has 1 aliphatic heterocycles. The summed E-state index contributed by atoms with van der Waals surface area (Å²) in [4.78, 5) is 39.9. The van der Waals surface area contributed by atoms with Crippen LogP contribution in [0.4, 0.5) is 0 Å². The molecule has 6 rings (SSSR count). The fourth-order valence-corrected chi connectivity index (χ4v) is 4.47. The molecule has 1 amide bonds. The standard InChI is InChI=1S/C23H17ClN6O2/c24-16-4-2-1-3-14(16)18-10-21-27-20-11-29(8-7-15(20)23(32)30(21)28-18)22(31)13-5-6-17-19(9-13)26-12-25-17/h1-6,9-10,12,28H,7-8,11H2,(H,25,26). The first-order valence-corrected chi connectivity index (χ1v) is 10.6. The first-order valence-electron chi connectivity index (χ1n) is 10.2. The number of aromatic nitrogens is 5. The predicted octanol–water partition coefficient (Wildman–Crippen LogP) is 3.42. The van der Waals surface area contributed by atoms with Crippen molar-refractivity contribution >= 4 is 34.2 Å². The molecule has 0 radical (unpaired) electrons. The molecule has 0 atom stereocenters. The fraction of sp³-hybridized carbons (Fsp3) is 0.130. The van der Waals surface area contributed by atoms with Gasteiger partial charge in [-0.2, -0.15) is 0 Å². The molecule has 4 heterocycles. The van der Waals surface area contributed by atoms with Gasteiger partial charge >= 0.3 is 0 Å². The molecule has 0 saturated carbocycles. The van der Waals surface area contributed by atoms with Crippen LogP contribution in [0.2, 0.25) is 5.02 Å². The van der Waals surface area contributed by atoms with Gasteiger partial charge in [0, 0.05) is 34.3 Å². The van der Waals surface area contributed by atoms with E-state index in [-0.39, 0.29) is 18.0 Å². The summed E-state index contributed by atoms with van der Waals surface area (Å²) in [5.41, 5.74) is 5.31. The normalized spacial score (nSPS) is 13.6. The summed E-state index contributed by atoms with van der Waals surface area (Å²) in [6.45, 7) is 0.738. The maximum absolute atomic E-state index is 13.1. The van der Waals surface area contributed by atoms with Gasteiger partial charge in [-0.05, 0) is 30.7 Å². The van der Waals surface area contributed by atoms with Gasteiger partial charge in [0.25, 0.3) is 11.5 Å². The molecule has 5 aromatic rings. The maximum Gasteiger partial charge on any atom is 0.276 e. The molecule has 158 valence electrons. The monoisotopic (exact) mass is 444 g/mol. The number of imidazole rings is 1. The van der Waals surface area contributed by atoms with Gasteiger partial charge in [-0.25, -0.2) is 14.5 Å². The summed E-state index contributed by atoms with van der Waals surface area (Å²) in [6.07, 6.45) is 2.05. The van der Waals surface area contributed by atoms with Gasteiger partial charge in [0.2, 0.25) is 0 Å². The van der Waals surface area contributed by atoms with Gasteiger partial charge < -0.3 is 9.88 Å². The second-order valence-electron chi connectivity index (χ2n) is 7.80. The van der Waals surface area contributed by atoms with E-state index in [1.54, 1.807) is 35.5 Å². The summed E-state index contributed by atoms with van der Waals surface area (Å²) in [5.74, 6) is -0.0972. The number of aromatic amines is 2. The third-order valence-corrected chi connectivity index (χ3v) is 6.21. The molecule has 2 N–H and O–H groups in total. The van der Waals surface area contributed by atoms with Crippen molar-refractivity contribution in [3.63, 3.8) is 0 Å². The summed E-state index contributed by atoms with van der Waals surface area (Å²) in [5, 5.41) is 3.70. The van der Waals surface area contributed by atoms with Crippen molar-refractivity contribution in [2.45, 2.75) is 13.0 Å². The van der Waals surface area contributed by atoms with Gasteiger partial charge in [0.15, 0.2) is 5.65 Å². The molecular formula is C23H17ClN6O2. The topological polar surface area (TPSA) is 99.2 Å². The van der Waals surface area contributed by atoms with E-state index >= 15 is 0 Å². The highest BCUT2D eigenvalue weighted by molar-refractivity contribution is 6.33. The predicted molar refractivity (Wildman–Crippen MR) is 121 cm³/mol. The molecule has 0 spiro atoms. The fourth-order valence-electron chi connectivity index (χ4n) is 4.24. The quantitative estimate of drug-likeness (QED) is 0.435. The number of halogens is 1. The molecule has 0 saturated heterocycles. The van der Waals surface area contributed by atoms with Crippen molar-refractivity contribution in [3.8, 4) is 11.3 Å². The lowest BCUT2D eigenvalue weighted by molar-refractivity contribution is 0.0731. The number of benzene rings is 2. The van der Waals surface area contributed by atoms with Crippen LogP contribution in [0.3, 0.4) is 0 Å². The average Bonchev–Trinajstić information content (AvgIpc) is 3.45. The Morgan fingerprint density at radius 3 is 2.88 bits per heavy atom. The minimum atomic E-state index is -0.144. The van der Waals surface area contributed by atoms with E-state index in [0.29, 0.717) is 46.2 Å². The molecule has 0 unspecified atom stereocenters. The minimum Gasteiger partial charge on any atom is -0.345 e. The molecule has 9 heteroatoms. The Hall–Kier alpha value is -3.91. The first kappa shape index (κ1) is 18.8. The van der Waals surface area contributed by atoms with Crippen LogP contribution in [0.1, 0.15) is 21.6 Å². The summed E-state index contributed by atoms with van der Waals surface area (Å²) in [7, 11) is 0. The van der Waals surface area contributed by atoms with Crippen molar-refractivity contribution in [3.05, 3.63) is 87.1 Å². The van der Waals surface area contributed by atoms with Crippen LogP contribution in [-0.2, 0) is 13.0 Å². The first-order chi connectivity index (χ1) is 15.6. The van der Waals surface area contributed by atoms with Crippen LogP contribution in [0.5, 0.6) is 0 Å². The molecule has 0 bridgehead atoms. The second-order valence-corrected chi connectivity index (χ2v) is 8.20. The zero-order chi connectivity index (χ0) is 21.8. The van der Waals surface area contributed by atoms with Gasteiger partial charge in [0.1, 0.15) is 0 Å². The van der Waals surface area contributed by atoms with Gasteiger partial charge in [-0.3, -0.25) is 14.7 Å². The van der Waals surface area contributed by atoms with Crippen LogP contribution in [0, 0.1) is 0 Å². The van der Waals surface area contributed by atoms with E-state index < -0.39 is 0 Å². The Labute approximate surface area is 186 Å². The summed E-state index contributed by atoms with van der Waals surface area (Å²) < 4.78 is 1.45. The number of hydrogen-bond acceptors (Lipinski definition) is 4. The zero-order valence-electron chi connectivity index (χ0n) is 16.8. The van der Waals surface area contributed by atoms with Crippen LogP contribution in [0.25, 0.3) is 27.9 Å². The number of carbonyl (C=O) groups is 1. The summed E-state index contributed by atoms with van der Waals surface area (Å²) in [6, 6.07) is 14.6. The number of amides is 1. The van der Waals surface area contributed by atoms with E-state index in [0.717, 1.165) is 16.6 Å². The van der Waals surface area contributed by atoms with Crippen molar-refractivity contribution < 1.29 is 4.79 Å². The van der Waals surface area contributed by atoms with Crippen molar-refractivity contribution in [2.75, 3.05) is 6.54 Å². The number of rotatable bonds is 2. The molecule has 0 fully saturated rings. The lowest BCUT2D eigenvalue weighted by Crippen LogP contribution is -2.39. The maximum atomic E-state index is 13.1. The van der Waals surface area contributed by atoms with Gasteiger partial charge in [-0.1, -0.05) is 29.8 Å². The highest BCUT2D eigenvalue weighted by Gasteiger charge is 2.26. The number of nitrogens with one attached hydrogen (secondary N) is 2. The van der Waals surface area contributed by atoms with Crippen LogP contribution in [-0.4, -0.2) is 41.9 Å². The molecule has 1 aliphatic rings. The average molecular weight is 445 g/mol. The third kappa shape index (κ3) is 2.91. The number of hydrogen-bond donors (Lipinski definition) is 2. The zero-order valence-corrected chi connectivity index (χ0v) is 17.6. The molecule has 32 heavy (non-hydrogen) atoms. The van der Waals surface area contributed by atoms with E-state index in [4.69, 9.17) is 16.6 Å². The summed E-state index contributed by atoms with van der Waals surface area (Å²) >= 11 is 6.32. The van der Waals surface area contributed by atoms with Crippen molar-refractivity contribution in [1.29, 1.82) is 0 Å². The van der Waals surface area contributed by atoms with Crippen LogP contribution in [0.15, 0.2) is 59.7 Å². The highest BCUT2D eigenvalue weighted by Crippen LogP contribution is 2.27. The van der Waals surface area contributed by atoms with Gasteiger partial charge in [-0.15, -0.1) is 0 Å². The smallest absolute Gasteiger partial charge is 0.276 e. The molecule has 2 aromatic carbocycles. The molecular weight excluding hydrogens is 428 g/mol. The van der Waals surface area contributed by atoms with E-state index in [1.165, 1.54) is 4.52 Å². The Morgan fingerprint density at radius 2 is 2.00 bits per heavy atom. The number of H-pyrrole nitrogens is 2. The Kier molecular flexibility index (Phi) is 4.16.